The molecule has 0 radical (unpaired) electrons. The molecule has 2 aliphatic rings. The molecular formula is C13H19NO3. The van der Waals surface area contributed by atoms with Crippen LogP contribution >= 0.6 is 0 Å². The minimum Gasteiger partial charge on any atom is -0.464 e. The first-order chi connectivity index (χ1) is 8.11. The van der Waals surface area contributed by atoms with E-state index >= 15 is 0 Å². The van der Waals surface area contributed by atoms with Gasteiger partial charge in [-0.3, -0.25) is 4.79 Å². The van der Waals surface area contributed by atoms with Crippen molar-refractivity contribution in [1.29, 1.82) is 0 Å². The smallest absolute Gasteiger partial charge is 0.328 e. The van der Waals surface area contributed by atoms with Crippen LogP contribution in [0.4, 0.5) is 0 Å². The highest BCUT2D eigenvalue weighted by Gasteiger charge is 2.40. The Balaban J connectivity index is 1.85. The number of ether oxygens (including phenoxy) is 1. The number of fused-ring (bicyclic) bond motifs is 2. The fourth-order valence-electron chi connectivity index (χ4n) is 2.73. The van der Waals surface area contributed by atoms with Crippen LogP contribution in [0.1, 0.15) is 26.7 Å². The second kappa shape index (κ2) is 4.90. The van der Waals surface area contributed by atoms with Crippen molar-refractivity contribution < 1.29 is 14.3 Å². The van der Waals surface area contributed by atoms with E-state index < -0.39 is 6.04 Å². The van der Waals surface area contributed by atoms with Crippen LogP contribution in [0.3, 0.4) is 0 Å². The molecule has 1 saturated carbocycles. The molecule has 0 aromatic carbocycles. The van der Waals surface area contributed by atoms with Crippen molar-refractivity contribution in [2.45, 2.75) is 32.7 Å². The molecule has 2 rings (SSSR count). The molecule has 4 atom stereocenters. The third-order valence-electron chi connectivity index (χ3n) is 3.61. The largest absolute Gasteiger partial charge is 0.464 e. The summed E-state index contributed by atoms with van der Waals surface area (Å²) in [6, 6.07) is -0.550. The normalized spacial score (nSPS) is 31.3. The van der Waals surface area contributed by atoms with E-state index in [1.165, 1.54) is 0 Å². The molecule has 4 nitrogen and oxygen atoms in total. The van der Waals surface area contributed by atoms with Crippen molar-refractivity contribution in [2.24, 2.45) is 17.8 Å². The molecule has 0 aromatic heterocycles. The second-order valence-corrected chi connectivity index (χ2v) is 4.87. The third kappa shape index (κ3) is 2.51. The molecule has 0 aliphatic heterocycles. The molecule has 1 amide bonds. The van der Waals surface area contributed by atoms with Gasteiger partial charge < -0.3 is 10.1 Å². The third-order valence-corrected chi connectivity index (χ3v) is 3.61. The van der Waals surface area contributed by atoms with E-state index in [2.05, 4.69) is 17.5 Å². The maximum absolute atomic E-state index is 12.0. The van der Waals surface area contributed by atoms with Crippen molar-refractivity contribution >= 4 is 11.9 Å². The van der Waals surface area contributed by atoms with Crippen LogP contribution < -0.4 is 5.32 Å². The van der Waals surface area contributed by atoms with Gasteiger partial charge in [0.2, 0.25) is 5.91 Å². The van der Waals surface area contributed by atoms with Crippen molar-refractivity contribution in [3.63, 3.8) is 0 Å². The number of carbonyl (C=O) groups is 2. The van der Waals surface area contributed by atoms with Crippen molar-refractivity contribution in [3.8, 4) is 0 Å². The molecule has 2 bridgehead atoms. The van der Waals surface area contributed by atoms with Crippen LogP contribution in [0.25, 0.3) is 0 Å². The molecule has 1 fully saturated rings. The number of nitrogens with one attached hydrogen (secondary N) is 1. The van der Waals surface area contributed by atoms with Gasteiger partial charge in [0, 0.05) is 5.92 Å². The van der Waals surface area contributed by atoms with Crippen LogP contribution in [0, 0.1) is 17.8 Å². The van der Waals surface area contributed by atoms with Crippen LogP contribution in [0.5, 0.6) is 0 Å². The molecule has 0 saturated heterocycles. The van der Waals surface area contributed by atoms with Crippen LogP contribution in [-0.2, 0) is 14.3 Å². The Labute approximate surface area is 101 Å². The first-order valence-corrected chi connectivity index (χ1v) is 6.27. The van der Waals surface area contributed by atoms with E-state index in [1.54, 1.807) is 13.8 Å². The van der Waals surface area contributed by atoms with Gasteiger partial charge in [-0.05, 0) is 38.5 Å². The topological polar surface area (TPSA) is 55.4 Å². The molecule has 17 heavy (non-hydrogen) atoms. The van der Waals surface area contributed by atoms with Gasteiger partial charge in [-0.2, -0.15) is 0 Å². The zero-order valence-corrected chi connectivity index (χ0v) is 10.3. The summed E-state index contributed by atoms with van der Waals surface area (Å²) in [5.41, 5.74) is 0. The van der Waals surface area contributed by atoms with Gasteiger partial charge in [-0.1, -0.05) is 12.2 Å². The minimum absolute atomic E-state index is 0.0117. The minimum atomic E-state index is -0.550. The second-order valence-electron chi connectivity index (χ2n) is 4.87. The van der Waals surface area contributed by atoms with E-state index in [9.17, 15) is 9.59 Å². The van der Waals surface area contributed by atoms with E-state index in [1.807, 2.05) is 0 Å². The number of carbonyl (C=O) groups excluding carboxylic acids is 2. The van der Waals surface area contributed by atoms with Gasteiger partial charge in [0.25, 0.3) is 0 Å². The van der Waals surface area contributed by atoms with Crippen molar-refractivity contribution in [2.75, 3.05) is 6.61 Å². The van der Waals surface area contributed by atoms with Gasteiger partial charge in [0.05, 0.1) is 6.61 Å². The molecule has 2 aliphatic carbocycles. The van der Waals surface area contributed by atoms with Crippen LogP contribution in [-0.4, -0.2) is 24.5 Å². The number of hydrogen-bond acceptors (Lipinski definition) is 3. The summed E-state index contributed by atoms with van der Waals surface area (Å²) in [5.74, 6) is 0.604. The van der Waals surface area contributed by atoms with E-state index in [0.29, 0.717) is 18.4 Å². The molecule has 0 heterocycles. The molecule has 0 spiro atoms. The average molecular weight is 237 g/mol. The molecule has 1 N–H and O–H groups in total. The average Bonchev–Trinajstić information content (AvgIpc) is 2.90. The Bertz CT molecular complexity index is 351. The number of hydrogen-bond donors (Lipinski definition) is 1. The van der Waals surface area contributed by atoms with Gasteiger partial charge >= 0.3 is 5.97 Å². The highest BCUT2D eigenvalue weighted by Crippen LogP contribution is 2.43. The van der Waals surface area contributed by atoms with E-state index in [0.717, 1.165) is 12.8 Å². The predicted octanol–water partition coefficient (Wildman–Crippen LogP) is 1.27. The molecule has 4 unspecified atom stereocenters. The standard InChI is InChI=1S/C13H19NO3/c1-3-17-13(16)8(2)14-12(15)11-7-9-4-5-10(11)6-9/h4-5,8-11H,3,6-7H2,1-2H3,(H,14,15). The maximum atomic E-state index is 12.0. The van der Waals surface area contributed by atoms with E-state index in [-0.39, 0.29) is 17.8 Å². The summed E-state index contributed by atoms with van der Waals surface area (Å²) in [6.07, 6.45) is 6.34. The molecule has 0 aromatic rings. The quantitative estimate of drug-likeness (QED) is 0.591. The molecule has 4 heteroatoms. The number of esters is 1. The SMILES string of the molecule is CCOC(=O)C(C)NC(=O)C1CC2C=CC1C2. The maximum Gasteiger partial charge on any atom is 0.328 e. The van der Waals surface area contributed by atoms with Crippen molar-refractivity contribution in [1.82, 2.24) is 5.32 Å². The van der Waals surface area contributed by atoms with Gasteiger partial charge in [-0.25, -0.2) is 4.79 Å². The molecule has 94 valence electrons. The fourth-order valence-corrected chi connectivity index (χ4v) is 2.73. The van der Waals surface area contributed by atoms with Gasteiger partial charge in [0.15, 0.2) is 0 Å². The summed E-state index contributed by atoms with van der Waals surface area (Å²) >= 11 is 0. The van der Waals surface area contributed by atoms with Gasteiger partial charge in [-0.15, -0.1) is 0 Å². The summed E-state index contributed by atoms with van der Waals surface area (Å²) < 4.78 is 4.86. The Hall–Kier alpha value is -1.32. The van der Waals surface area contributed by atoms with Crippen LogP contribution in [0.2, 0.25) is 0 Å². The lowest BCUT2D eigenvalue weighted by molar-refractivity contribution is -0.147. The number of amides is 1. The summed E-state index contributed by atoms with van der Waals surface area (Å²) in [5, 5.41) is 2.74. The lowest BCUT2D eigenvalue weighted by atomic mass is 9.92. The Morgan fingerprint density at radius 1 is 1.41 bits per heavy atom. The fraction of sp³-hybridized carbons (Fsp3) is 0.692. The monoisotopic (exact) mass is 237 g/mol. The van der Waals surface area contributed by atoms with Crippen LogP contribution in [0.15, 0.2) is 12.2 Å². The van der Waals surface area contributed by atoms with Gasteiger partial charge in [0.1, 0.15) is 6.04 Å². The summed E-state index contributed by atoms with van der Waals surface area (Å²) in [6.45, 7) is 3.77. The zero-order valence-electron chi connectivity index (χ0n) is 10.3. The lowest BCUT2D eigenvalue weighted by Gasteiger charge is -2.20. The number of rotatable bonds is 4. The predicted molar refractivity (Wildman–Crippen MR) is 63.1 cm³/mol. The lowest BCUT2D eigenvalue weighted by Crippen LogP contribution is -2.43. The Morgan fingerprint density at radius 2 is 2.18 bits per heavy atom. The molecular weight excluding hydrogens is 218 g/mol. The highest BCUT2D eigenvalue weighted by molar-refractivity contribution is 5.86. The first-order valence-electron chi connectivity index (χ1n) is 6.27. The Morgan fingerprint density at radius 3 is 2.71 bits per heavy atom. The van der Waals surface area contributed by atoms with Crippen molar-refractivity contribution in [3.05, 3.63) is 12.2 Å². The van der Waals surface area contributed by atoms with E-state index in [4.69, 9.17) is 4.74 Å². The zero-order chi connectivity index (χ0) is 12.4. The first kappa shape index (κ1) is 12.1. The summed E-state index contributed by atoms with van der Waals surface area (Å²) in [7, 11) is 0. The highest BCUT2D eigenvalue weighted by atomic mass is 16.5. The summed E-state index contributed by atoms with van der Waals surface area (Å²) in [4.78, 5) is 23.4. The Kier molecular flexibility index (Phi) is 3.50. The number of allylic oxidation sites excluding steroid dienone is 2.